The molecule has 1 aliphatic carbocycles. The topological polar surface area (TPSA) is 142 Å². The van der Waals surface area contributed by atoms with Crippen LogP contribution in [-0.4, -0.2) is 45.6 Å². The Hall–Kier alpha value is -3.20. The molecule has 9 nitrogen and oxygen atoms in total. The Balaban J connectivity index is 1.87. The first-order valence-electron chi connectivity index (χ1n) is 11.6. The number of nitrogens with two attached hydrogens (primary N) is 1. The minimum atomic E-state index is -0.667. The molecule has 1 saturated carbocycles. The second-order valence-corrected chi connectivity index (χ2v) is 8.49. The van der Waals surface area contributed by atoms with Crippen LogP contribution >= 0.6 is 0 Å². The van der Waals surface area contributed by atoms with Crippen LogP contribution in [0, 0.1) is 6.92 Å². The normalized spacial score (nSPS) is 17.9. The number of rotatable bonds is 9. The molecule has 0 atom stereocenters. The van der Waals surface area contributed by atoms with Crippen molar-refractivity contribution in [3.8, 4) is 0 Å². The number of hydrogen-bond acceptors (Lipinski definition) is 7. The molecular formula is C24H34N6O3. The first-order valence-corrected chi connectivity index (χ1v) is 11.6. The maximum Gasteiger partial charge on any atom is 0.271 e. The maximum atomic E-state index is 12.3. The van der Waals surface area contributed by atoms with Crippen molar-refractivity contribution in [2.75, 3.05) is 17.2 Å². The van der Waals surface area contributed by atoms with Crippen LogP contribution in [0.25, 0.3) is 0 Å². The van der Waals surface area contributed by atoms with E-state index >= 15 is 0 Å². The summed E-state index contributed by atoms with van der Waals surface area (Å²) in [4.78, 5) is 33.6. The summed E-state index contributed by atoms with van der Waals surface area (Å²) in [6, 6.07) is 5.52. The average molecular weight is 455 g/mol. The molecule has 0 unspecified atom stereocenters. The third kappa shape index (κ3) is 6.19. The molecule has 0 bridgehead atoms. The van der Waals surface area contributed by atoms with Gasteiger partial charge in [0.1, 0.15) is 5.82 Å². The smallest absolute Gasteiger partial charge is 0.271 e. The Labute approximate surface area is 194 Å². The fourth-order valence-electron chi connectivity index (χ4n) is 3.97. The number of aromatic nitrogens is 2. The zero-order valence-corrected chi connectivity index (χ0v) is 19.6. The number of aliphatic hydroxyl groups excluding tert-OH is 1. The highest BCUT2D eigenvalue weighted by molar-refractivity contribution is 5.97. The fourth-order valence-corrected chi connectivity index (χ4v) is 3.97. The number of carbonyl (C=O) groups is 2. The third-order valence-corrected chi connectivity index (χ3v) is 5.84. The van der Waals surface area contributed by atoms with E-state index in [9.17, 15) is 14.7 Å². The maximum absolute atomic E-state index is 12.3. The Bertz CT molecular complexity index is 1000. The van der Waals surface area contributed by atoms with Crippen LogP contribution in [0.15, 0.2) is 18.2 Å². The lowest BCUT2D eigenvalue weighted by molar-refractivity contribution is 0.0951. The average Bonchev–Trinajstić information content (AvgIpc) is 2.79. The SMILES string of the molecule is CCCNC(=O)c1ccc(Nc2nc(N[C@H]3CC[C@H](O)CC3)c(CC)nc2C(N)=O)cc1C. The second kappa shape index (κ2) is 11.1. The monoisotopic (exact) mass is 454 g/mol. The van der Waals surface area contributed by atoms with Crippen LogP contribution in [0.1, 0.15) is 78.1 Å². The van der Waals surface area contributed by atoms with Gasteiger partial charge in [0.05, 0.1) is 11.8 Å². The number of nitrogens with one attached hydrogen (secondary N) is 3. The van der Waals surface area contributed by atoms with Crippen LogP contribution < -0.4 is 21.7 Å². The first-order chi connectivity index (χ1) is 15.8. The molecule has 1 heterocycles. The van der Waals surface area contributed by atoms with Crippen molar-refractivity contribution in [2.45, 2.75) is 71.4 Å². The summed E-state index contributed by atoms with van der Waals surface area (Å²) in [5.41, 5.74) is 8.40. The van der Waals surface area contributed by atoms with Crippen LogP contribution in [0.3, 0.4) is 0 Å². The lowest BCUT2D eigenvalue weighted by Crippen LogP contribution is -2.29. The van der Waals surface area contributed by atoms with Gasteiger partial charge in [0.15, 0.2) is 11.5 Å². The molecule has 6 N–H and O–H groups in total. The highest BCUT2D eigenvalue weighted by Crippen LogP contribution is 2.27. The number of carbonyl (C=O) groups excluding carboxylic acids is 2. The highest BCUT2D eigenvalue weighted by Gasteiger charge is 2.23. The Morgan fingerprint density at radius 3 is 2.45 bits per heavy atom. The van der Waals surface area contributed by atoms with Crippen LogP contribution in [-0.2, 0) is 6.42 Å². The van der Waals surface area contributed by atoms with E-state index in [1.165, 1.54) is 0 Å². The predicted octanol–water partition coefficient (Wildman–Crippen LogP) is 3.05. The number of aliphatic hydroxyl groups is 1. The van der Waals surface area contributed by atoms with Crippen molar-refractivity contribution in [1.29, 1.82) is 0 Å². The van der Waals surface area contributed by atoms with E-state index in [-0.39, 0.29) is 29.6 Å². The van der Waals surface area contributed by atoms with Gasteiger partial charge in [0.2, 0.25) is 0 Å². The van der Waals surface area contributed by atoms with E-state index in [0.29, 0.717) is 35.7 Å². The molecule has 0 aliphatic heterocycles. The molecule has 2 aromatic rings. The van der Waals surface area contributed by atoms with Crippen LogP contribution in [0.2, 0.25) is 0 Å². The first kappa shape index (κ1) is 24.4. The van der Waals surface area contributed by atoms with Crippen molar-refractivity contribution in [2.24, 2.45) is 5.73 Å². The lowest BCUT2D eigenvalue weighted by Gasteiger charge is -2.27. The molecule has 9 heteroatoms. The fraction of sp³-hybridized carbons (Fsp3) is 0.500. The number of aryl methyl sites for hydroxylation is 2. The molecule has 0 spiro atoms. The number of benzene rings is 1. The predicted molar refractivity (Wildman–Crippen MR) is 129 cm³/mol. The molecule has 2 amide bonds. The van der Waals surface area contributed by atoms with Gasteiger partial charge in [-0.05, 0) is 69.2 Å². The standard InChI is InChI=1S/C24H34N6O3/c1-4-12-26-24(33)18-11-8-16(13-14(18)3)28-23-20(21(25)32)29-19(5-2)22(30-23)27-15-6-9-17(31)10-7-15/h8,11,13,15,17,31H,4-7,9-10,12H2,1-3H3,(H2,25,32)(H,26,33)(H2,27,28,30)/t15-,17-. The molecule has 178 valence electrons. The summed E-state index contributed by atoms with van der Waals surface area (Å²) in [5.74, 6) is 0.0912. The van der Waals surface area contributed by atoms with E-state index in [0.717, 1.165) is 37.7 Å². The zero-order valence-electron chi connectivity index (χ0n) is 19.6. The molecule has 1 aromatic heterocycles. The van der Waals surface area contributed by atoms with Gasteiger partial charge in [-0.2, -0.15) is 0 Å². The van der Waals surface area contributed by atoms with Crippen molar-refractivity contribution in [3.05, 3.63) is 40.7 Å². The van der Waals surface area contributed by atoms with Gasteiger partial charge < -0.3 is 26.8 Å². The number of primary amides is 1. The summed E-state index contributed by atoms with van der Waals surface area (Å²) in [6.07, 6.45) is 4.38. The number of hydrogen-bond donors (Lipinski definition) is 5. The molecule has 1 aromatic carbocycles. The van der Waals surface area contributed by atoms with Crippen molar-refractivity contribution >= 4 is 29.1 Å². The summed E-state index contributed by atoms with van der Waals surface area (Å²) >= 11 is 0. The molecule has 0 radical (unpaired) electrons. The summed E-state index contributed by atoms with van der Waals surface area (Å²) in [7, 11) is 0. The van der Waals surface area contributed by atoms with E-state index in [2.05, 4.69) is 25.9 Å². The lowest BCUT2D eigenvalue weighted by atomic mass is 9.93. The molecule has 3 rings (SSSR count). The summed E-state index contributed by atoms with van der Waals surface area (Å²) in [6.45, 7) is 6.43. The molecule has 33 heavy (non-hydrogen) atoms. The van der Waals surface area contributed by atoms with Gasteiger partial charge in [0, 0.05) is 23.8 Å². The van der Waals surface area contributed by atoms with E-state index in [1.807, 2.05) is 26.8 Å². The molecular weight excluding hydrogens is 420 g/mol. The Morgan fingerprint density at radius 1 is 1.12 bits per heavy atom. The minimum absolute atomic E-state index is 0.0684. The van der Waals surface area contributed by atoms with E-state index in [1.54, 1.807) is 12.1 Å². The van der Waals surface area contributed by atoms with Gasteiger partial charge >= 0.3 is 0 Å². The van der Waals surface area contributed by atoms with E-state index in [4.69, 9.17) is 5.73 Å². The molecule has 1 fully saturated rings. The van der Waals surface area contributed by atoms with Gasteiger partial charge in [-0.3, -0.25) is 9.59 Å². The summed E-state index contributed by atoms with van der Waals surface area (Å²) in [5, 5.41) is 19.2. The third-order valence-electron chi connectivity index (χ3n) is 5.84. The molecule has 0 saturated heterocycles. The van der Waals surface area contributed by atoms with Crippen molar-refractivity contribution < 1.29 is 14.7 Å². The van der Waals surface area contributed by atoms with Gasteiger partial charge in [-0.15, -0.1) is 0 Å². The number of nitrogens with zero attached hydrogens (tertiary/aromatic N) is 2. The second-order valence-electron chi connectivity index (χ2n) is 8.49. The highest BCUT2D eigenvalue weighted by atomic mass is 16.3. The van der Waals surface area contributed by atoms with Crippen molar-refractivity contribution in [3.63, 3.8) is 0 Å². The molecule has 1 aliphatic rings. The largest absolute Gasteiger partial charge is 0.393 e. The van der Waals surface area contributed by atoms with Gasteiger partial charge in [0.25, 0.3) is 11.8 Å². The van der Waals surface area contributed by atoms with Gasteiger partial charge in [-0.1, -0.05) is 13.8 Å². The van der Waals surface area contributed by atoms with Crippen molar-refractivity contribution in [1.82, 2.24) is 15.3 Å². The quantitative estimate of drug-likeness (QED) is 0.392. The van der Waals surface area contributed by atoms with Crippen LogP contribution in [0.4, 0.5) is 17.3 Å². The van der Waals surface area contributed by atoms with Gasteiger partial charge in [-0.25, -0.2) is 9.97 Å². The Morgan fingerprint density at radius 2 is 1.85 bits per heavy atom. The minimum Gasteiger partial charge on any atom is -0.393 e. The summed E-state index contributed by atoms with van der Waals surface area (Å²) < 4.78 is 0. The number of anilines is 3. The number of amides is 2. The van der Waals surface area contributed by atoms with E-state index < -0.39 is 5.91 Å². The Kier molecular flexibility index (Phi) is 8.21. The van der Waals surface area contributed by atoms with Crippen LogP contribution in [0.5, 0.6) is 0 Å². The zero-order chi connectivity index (χ0) is 24.0.